The van der Waals surface area contributed by atoms with Gasteiger partial charge in [0.05, 0.1) is 0 Å². The minimum absolute atomic E-state index is 0.272. The fraction of sp³-hybridized carbons (Fsp3) is 0.643. The summed E-state index contributed by atoms with van der Waals surface area (Å²) in [4.78, 5) is 6.62. The normalized spacial score (nSPS) is 18.4. The first kappa shape index (κ1) is 16.2. The van der Waals surface area contributed by atoms with Gasteiger partial charge in [0.2, 0.25) is 10.0 Å². The van der Waals surface area contributed by atoms with Gasteiger partial charge in [-0.3, -0.25) is 0 Å². The second-order valence-electron chi connectivity index (χ2n) is 5.37. The van der Waals surface area contributed by atoms with Crippen molar-refractivity contribution in [1.82, 2.24) is 14.2 Å². The molecule has 2 rings (SSSR count). The van der Waals surface area contributed by atoms with Gasteiger partial charge < -0.3 is 10.2 Å². The lowest BCUT2D eigenvalue weighted by Gasteiger charge is -2.20. The third kappa shape index (κ3) is 4.15. The standard InChI is InChI=1S/C14H24N4O2S/c1-3-7-15-14-6-5-13(12-16-14)21(19,20)18-9-4-8-17(2)10-11-18/h5-6,12H,3-4,7-11H2,1-2H3,(H,15,16). The monoisotopic (exact) mass is 312 g/mol. The van der Waals surface area contributed by atoms with Crippen molar-refractivity contribution in [3.05, 3.63) is 18.3 Å². The van der Waals surface area contributed by atoms with E-state index in [1.165, 1.54) is 6.20 Å². The summed E-state index contributed by atoms with van der Waals surface area (Å²) >= 11 is 0. The van der Waals surface area contributed by atoms with E-state index in [-0.39, 0.29) is 4.90 Å². The van der Waals surface area contributed by atoms with E-state index < -0.39 is 10.0 Å². The van der Waals surface area contributed by atoms with Crippen molar-refractivity contribution in [2.24, 2.45) is 0 Å². The van der Waals surface area contributed by atoms with Crippen LogP contribution in [0.25, 0.3) is 0 Å². The van der Waals surface area contributed by atoms with Gasteiger partial charge in [0.1, 0.15) is 10.7 Å². The third-order valence-electron chi connectivity index (χ3n) is 3.61. The Bertz CT molecular complexity index is 545. The summed E-state index contributed by atoms with van der Waals surface area (Å²) in [6.45, 7) is 5.71. The molecule has 7 heteroatoms. The Kier molecular flexibility index (Phi) is 5.55. The van der Waals surface area contributed by atoms with Crippen molar-refractivity contribution < 1.29 is 8.42 Å². The maximum Gasteiger partial charge on any atom is 0.244 e. The van der Waals surface area contributed by atoms with Crippen LogP contribution in [0.15, 0.2) is 23.2 Å². The van der Waals surface area contributed by atoms with Crippen molar-refractivity contribution >= 4 is 15.8 Å². The van der Waals surface area contributed by atoms with Crippen LogP contribution in [0.3, 0.4) is 0 Å². The summed E-state index contributed by atoms with van der Waals surface area (Å²) in [5.41, 5.74) is 0. The van der Waals surface area contributed by atoms with E-state index in [0.717, 1.165) is 32.5 Å². The van der Waals surface area contributed by atoms with E-state index in [2.05, 4.69) is 22.1 Å². The second-order valence-corrected chi connectivity index (χ2v) is 7.30. The fourth-order valence-electron chi connectivity index (χ4n) is 2.30. The average Bonchev–Trinajstić information content (AvgIpc) is 2.70. The van der Waals surface area contributed by atoms with Crippen molar-refractivity contribution in [2.45, 2.75) is 24.7 Å². The average molecular weight is 312 g/mol. The molecule has 0 aliphatic carbocycles. The topological polar surface area (TPSA) is 65.5 Å². The molecule has 0 bridgehead atoms. The zero-order valence-corrected chi connectivity index (χ0v) is 13.6. The number of nitrogens with one attached hydrogen (secondary N) is 1. The first-order chi connectivity index (χ1) is 10.0. The summed E-state index contributed by atoms with van der Waals surface area (Å²) in [6, 6.07) is 3.36. The van der Waals surface area contributed by atoms with Crippen molar-refractivity contribution in [3.63, 3.8) is 0 Å². The van der Waals surface area contributed by atoms with Crippen LogP contribution < -0.4 is 5.32 Å². The molecule has 6 nitrogen and oxygen atoms in total. The molecule has 2 heterocycles. The van der Waals surface area contributed by atoms with Gasteiger partial charge in [-0.1, -0.05) is 6.92 Å². The molecule has 1 N–H and O–H groups in total. The van der Waals surface area contributed by atoms with Crippen LogP contribution >= 0.6 is 0 Å². The molecule has 21 heavy (non-hydrogen) atoms. The minimum Gasteiger partial charge on any atom is -0.370 e. The molecule has 1 aromatic rings. The zero-order valence-electron chi connectivity index (χ0n) is 12.7. The third-order valence-corrected chi connectivity index (χ3v) is 5.49. The van der Waals surface area contributed by atoms with Crippen molar-refractivity contribution in [1.29, 1.82) is 0 Å². The number of hydrogen-bond donors (Lipinski definition) is 1. The van der Waals surface area contributed by atoms with Crippen LogP contribution in [0.5, 0.6) is 0 Å². The quantitative estimate of drug-likeness (QED) is 0.886. The van der Waals surface area contributed by atoms with E-state index in [1.54, 1.807) is 16.4 Å². The lowest BCUT2D eigenvalue weighted by Crippen LogP contribution is -2.34. The molecule has 1 aliphatic rings. The predicted octanol–water partition coefficient (Wildman–Crippen LogP) is 1.23. The van der Waals surface area contributed by atoms with Crippen LogP contribution in [0.2, 0.25) is 0 Å². The number of rotatable bonds is 5. The van der Waals surface area contributed by atoms with Crippen LogP contribution in [0.4, 0.5) is 5.82 Å². The van der Waals surface area contributed by atoms with E-state index in [9.17, 15) is 8.42 Å². The SMILES string of the molecule is CCCNc1ccc(S(=O)(=O)N2CCCN(C)CC2)cn1. The van der Waals surface area contributed by atoms with E-state index >= 15 is 0 Å². The maximum atomic E-state index is 12.6. The van der Waals surface area contributed by atoms with Gasteiger partial charge in [0, 0.05) is 32.4 Å². The van der Waals surface area contributed by atoms with Crippen LogP contribution in [-0.4, -0.2) is 62.4 Å². The summed E-state index contributed by atoms with van der Waals surface area (Å²) in [6.07, 6.45) is 3.31. The highest BCUT2D eigenvalue weighted by Crippen LogP contribution is 2.18. The molecule has 0 aromatic carbocycles. The Labute approximate surface area is 127 Å². The van der Waals surface area contributed by atoms with E-state index in [1.807, 2.05) is 7.05 Å². The number of anilines is 1. The number of hydrogen-bond acceptors (Lipinski definition) is 5. The predicted molar refractivity (Wildman–Crippen MR) is 83.9 cm³/mol. The molecule has 0 radical (unpaired) electrons. The molecule has 0 spiro atoms. The first-order valence-electron chi connectivity index (χ1n) is 7.42. The molecule has 0 saturated carbocycles. The smallest absolute Gasteiger partial charge is 0.244 e. The molecule has 0 atom stereocenters. The second kappa shape index (κ2) is 7.20. The molecule has 0 unspecified atom stereocenters. The fourth-order valence-corrected chi connectivity index (χ4v) is 3.72. The number of pyridine rings is 1. The molecule has 1 aliphatic heterocycles. The number of likely N-dealkylation sites (N-methyl/N-ethyl adjacent to an activating group) is 1. The summed E-state index contributed by atoms with van der Waals surface area (Å²) in [7, 11) is -1.41. The van der Waals surface area contributed by atoms with Crippen molar-refractivity contribution in [2.75, 3.05) is 45.1 Å². The molecule has 1 fully saturated rings. The summed E-state index contributed by atoms with van der Waals surface area (Å²) in [5.74, 6) is 0.714. The van der Waals surface area contributed by atoms with Crippen molar-refractivity contribution in [3.8, 4) is 0 Å². The number of nitrogens with zero attached hydrogens (tertiary/aromatic N) is 3. The largest absolute Gasteiger partial charge is 0.370 e. The van der Waals surface area contributed by atoms with E-state index in [0.29, 0.717) is 18.9 Å². The molecular formula is C14H24N4O2S. The molecular weight excluding hydrogens is 288 g/mol. The molecule has 0 amide bonds. The highest BCUT2D eigenvalue weighted by Gasteiger charge is 2.26. The van der Waals surface area contributed by atoms with Gasteiger partial charge in [-0.2, -0.15) is 4.31 Å². The Balaban J connectivity index is 2.11. The number of sulfonamides is 1. The highest BCUT2D eigenvalue weighted by molar-refractivity contribution is 7.89. The lowest BCUT2D eigenvalue weighted by molar-refractivity contribution is 0.347. The Morgan fingerprint density at radius 1 is 1.24 bits per heavy atom. The molecule has 1 aromatic heterocycles. The zero-order chi connectivity index (χ0) is 15.3. The Morgan fingerprint density at radius 3 is 2.71 bits per heavy atom. The van der Waals surface area contributed by atoms with Crippen LogP contribution in [0.1, 0.15) is 19.8 Å². The maximum absolute atomic E-state index is 12.6. The molecule has 1 saturated heterocycles. The number of aromatic nitrogens is 1. The van der Waals surface area contributed by atoms with Gasteiger partial charge in [-0.05, 0) is 38.6 Å². The first-order valence-corrected chi connectivity index (χ1v) is 8.86. The van der Waals surface area contributed by atoms with Gasteiger partial charge in [0.25, 0.3) is 0 Å². The molecule has 118 valence electrons. The van der Waals surface area contributed by atoms with Crippen LogP contribution in [0, 0.1) is 0 Å². The van der Waals surface area contributed by atoms with Gasteiger partial charge in [0.15, 0.2) is 0 Å². The van der Waals surface area contributed by atoms with Gasteiger partial charge >= 0.3 is 0 Å². The van der Waals surface area contributed by atoms with Crippen LogP contribution in [-0.2, 0) is 10.0 Å². The van der Waals surface area contributed by atoms with Gasteiger partial charge in [-0.15, -0.1) is 0 Å². The lowest BCUT2D eigenvalue weighted by atomic mass is 10.4. The summed E-state index contributed by atoms with van der Waals surface area (Å²) < 4.78 is 26.8. The Hall–Kier alpha value is -1.18. The Morgan fingerprint density at radius 2 is 2.05 bits per heavy atom. The highest BCUT2D eigenvalue weighted by atomic mass is 32.2. The van der Waals surface area contributed by atoms with E-state index in [4.69, 9.17) is 0 Å². The minimum atomic E-state index is -3.43. The van der Waals surface area contributed by atoms with Gasteiger partial charge in [-0.25, -0.2) is 13.4 Å². The summed E-state index contributed by atoms with van der Waals surface area (Å²) in [5, 5.41) is 3.14.